The second-order valence-electron chi connectivity index (χ2n) is 5.21. The summed E-state index contributed by atoms with van der Waals surface area (Å²) >= 11 is 1.52. The number of rotatable bonds is 6. The number of aryl methyl sites for hydroxylation is 1. The van der Waals surface area contributed by atoms with Crippen LogP contribution in [0.1, 0.15) is 34.8 Å². The molecular weight excluding hydrogens is 284 g/mol. The minimum atomic E-state index is -0.847. The maximum absolute atomic E-state index is 10.8. The Morgan fingerprint density at radius 2 is 2.00 bits per heavy atom. The summed E-state index contributed by atoms with van der Waals surface area (Å²) in [6.07, 6.45) is 0.998. The Labute approximate surface area is 129 Å². The van der Waals surface area contributed by atoms with E-state index in [9.17, 15) is 4.79 Å². The number of carbonyl (C=O) groups is 1. The van der Waals surface area contributed by atoms with Crippen molar-refractivity contribution in [3.8, 4) is 0 Å². The van der Waals surface area contributed by atoms with E-state index in [2.05, 4.69) is 41.1 Å². The van der Waals surface area contributed by atoms with Gasteiger partial charge in [0, 0.05) is 5.38 Å². The third kappa shape index (κ3) is 3.89. The Kier molecular flexibility index (Phi) is 5.09. The van der Waals surface area contributed by atoms with Gasteiger partial charge in [0.1, 0.15) is 5.01 Å². The fourth-order valence-electron chi connectivity index (χ4n) is 2.28. The fourth-order valence-corrected chi connectivity index (χ4v) is 3.32. The first-order valence-electron chi connectivity index (χ1n) is 6.92. The van der Waals surface area contributed by atoms with Crippen LogP contribution in [-0.4, -0.2) is 35.1 Å². The van der Waals surface area contributed by atoms with Gasteiger partial charge in [0.25, 0.3) is 0 Å². The molecule has 0 aliphatic carbocycles. The van der Waals surface area contributed by atoms with Crippen LogP contribution in [0.15, 0.2) is 29.6 Å². The molecule has 2 rings (SSSR count). The van der Waals surface area contributed by atoms with E-state index in [4.69, 9.17) is 5.11 Å². The van der Waals surface area contributed by atoms with Gasteiger partial charge in [0.05, 0.1) is 18.2 Å². The largest absolute Gasteiger partial charge is 0.481 e. The highest BCUT2D eigenvalue weighted by molar-refractivity contribution is 7.09. The normalized spacial score (nSPS) is 12.6. The van der Waals surface area contributed by atoms with Gasteiger partial charge in [-0.05, 0) is 31.6 Å². The Balaban J connectivity index is 2.29. The molecule has 0 fully saturated rings. The molecule has 5 heteroatoms. The molecule has 1 N–H and O–H groups in total. The molecule has 0 spiro atoms. The lowest BCUT2D eigenvalue weighted by molar-refractivity contribution is -0.136. The van der Waals surface area contributed by atoms with Gasteiger partial charge in [-0.3, -0.25) is 9.69 Å². The van der Waals surface area contributed by atoms with Crippen LogP contribution < -0.4 is 0 Å². The van der Waals surface area contributed by atoms with Gasteiger partial charge in [-0.15, -0.1) is 11.3 Å². The van der Waals surface area contributed by atoms with Crippen molar-refractivity contribution in [1.82, 2.24) is 9.88 Å². The van der Waals surface area contributed by atoms with Crippen molar-refractivity contribution in [3.63, 3.8) is 0 Å². The minimum absolute atomic E-state index is 0.0224. The average Bonchev–Trinajstić information content (AvgIpc) is 2.86. The van der Waals surface area contributed by atoms with E-state index in [-0.39, 0.29) is 12.5 Å². The average molecular weight is 304 g/mol. The van der Waals surface area contributed by atoms with E-state index in [0.717, 1.165) is 11.4 Å². The molecule has 1 atom stereocenters. The van der Waals surface area contributed by atoms with Crippen LogP contribution in [0.3, 0.4) is 0 Å². The Bertz CT molecular complexity index is 605. The highest BCUT2D eigenvalue weighted by atomic mass is 32.1. The molecule has 0 bridgehead atoms. The van der Waals surface area contributed by atoms with Gasteiger partial charge >= 0.3 is 5.97 Å². The summed E-state index contributed by atoms with van der Waals surface area (Å²) < 4.78 is 0. The molecule has 0 aliphatic rings. The van der Waals surface area contributed by atoms with Crippen LogP contribution in [0.4, 0.5) is 0 Å². The summed E-state index contributed by atoms with van der Waals surface area (Å²) in [7, 11) is 4.02. The van der Waals surface area contributed by atoms with E-state index < -0.39 is 5.97 Å². The third-order valence-electron chi connectivity index (χ3n) is 3.36. The first-order valence-corrected chi connectivity index (χ1v) is 7.80. The van der Waals surface area contributed by atoms with Crippen LogP contribution in [0.2, 0.25) is 0 Å². The third-order valence-corrected chi connectivity index (χ3v) is 4.30. The van der Waals surface area contributed by atoms with E-state index in [1.807, 2.05) is 19.5 Å². The van der Waals surface area contributed by atoms with Crippen molar-refractivity contribution >= 4 is 17.3 Å². The van der Waals surface area contributed by atoms with E-state index in [1.165, 1.54) is 22.5 Å². The summed E-state index contributed by atoms with van der Waals surface area (Å²) in [5, 5.41) is 11.6. The van der Waals surface area contributed by atoms with Crippen LogP contribution in [0, 0.1) is 0 Å². The predicted octanol–water partition coefficient (Wildman–Crippen LogP) is 2.98. The molecule has 0 saturated heterocycles. The van der Waals surface area contributed by atoms with Crippen molar-refractivity contribution in [2.45, 2.75) is 25.8 Å². The number of benzene rings is 1. The van der Waals surface area contributed by atoms with Crippen LogP contribution >= 0.6 is 11.3 Å². The predicted molar refractivity (Wildman–Crippen MR) is 84.8 cm³/mol. The maximum atomic E-state index is 10.8. The molecule has 1 aromatic heterocycles. The van der Waals surface area contributed by atoms with E-state index in [1.54, 1.807) is 0 Å². The zero-order chi connectivity index (χ0) is 15.4. The molecule has 112 valence electrons. The second kappa shape index (κ2) is 6.83. The van der Waals surface area contributed by atoms with E-state index in [0.29, 0.717) is 5.69 Å². The molecule has 21 heavy (non-hydrogen) atoms. The molecule has 0 saturated carbocycles. The monoisotopic (exact) mass is 304 g/mol. The molecule has 0 aliphatic heterocycles. The topological polar surface area (TPSA) is 53.4 Å². The molecule has 1 aromatic carbocycles. The summed E-state index contributed by atoms with van der Waals surface area (Å²) in [4.78, 5) is 17.4. The van der Waals surface area contributed by atoms with Crippen molar-refractivity contribution in [2.75, 3.05) is 14.1 Å². The molecule has 0 radical (unpaired) electrons. The van der Waals surface area contributed by atoms with Crippen molar-refractivity contribution in [2.24, 2.45) is 0 Å². The standard InChI is InChI=1S/C16H20N2O2S/c1-4-11-5-7-12(8-6-11)15(18(2)3)16-17-13(10-21-16)9-14(19)20/h5-8,10,15H,4,9H2,1-3H3,(H,19,20). The van der Waals surface area contributed by atoms with Crippen LogP contribution in [-0.2, 0) is 17.6 Å². The number of thiazole rings is 1. The Morgan fingerprint density at radius 3 is 2.52 bits per heavy atom. The quantitative estimate of drug-likeness (QED) is 0.891. The van der Waals surface area contributed by atoms with Gasteiger partial charge in [-0.1, -0.05) is 31.2 Å². The number of hydrogen-bond acceptors (Lipinski definition) is 4. The maximum Gasteiger partial charge on any atom is 0.309 e. The number of hydrogen-bond donors (Lipinski definition) is 1. The minimum Gasteiger partial charge on any atom is -0.481 e. The van der Waals surface area contributed by atoms with Crippen molar-refractivity contribution in [1.29, 1.82) is 0 Å². The molecule has 1 unspecified atom stereocenters. The number of aliphatic carboxylic acids is 1. The summed E-state index contributed by atoms with van der Waals surface area (Å²) in [5.74, 6) is -0.847. The van der Waals surface area contributed by atoms with Gasteiger partial charge in [-0.25, -0.2) is 4.98 Å². The number of carboxylic acids is 1. The highest BCUT2D eigenvalue weighted by Gasteiger charge is 2.20. The highest BCUT2D eigenvalue weighted by Crippen LogP contribution is 2.29. The van der Waals surface area contributed by atoms with Gasteiger partial charge in [-0.2, -0.15) is 0 Å². The number of aromatic nitrogens is 1. The summed E-state index contributed by atoms with van der Waals surface area (Å²) in [5.41, 5.74) is 3.11. The van der Waals surface area contributed by atoms with Crippen molar-refractivity contribution in [3.05, 3.63) is 51.5 Å². The smallest absolute Gasteiger partial charge is 0.309 e. The van der Waals surface area contributed by atoms with Crippen LogP contribution in [0.25, 0.3) is 0 Å². The zero-order valence-electron chi connectivity index (χ0n) is 12.5. The van der Waals surface area contributed by atoms with Gasteiger partial charge in [0.15, 0.2) is 0 Å². The van der Waals surface area contributed by atoms with E-state index >= 15 is 0 Å². The van der Waals surface area contributed by atoms with Gasteiger partial charge in [0.2, 0.25) is 0 Å². The SMILES string of the molecule is CCc1ccc(C(c2nc(CC(=O)O)cs2)N(C)C)cc1. The fraction of sp³-hybridized carbons (Fsp3) is 0.375. The molecule has 1 heterocycles. The molecule has 0 amide bonds. The van der Waals surface area contributed by atoms with Crippen molar-refractivity contribution < 1.29 is 9.90 Å². The lowest BCUT2D eigenvalue weighted by Crippen LogP contribution is -2.21. The Morgan fingerprint density at radius 1 is 1.33 bits per heavy atom. The zero-order valence-corrected chi connectivity index (χ0v) is 13.4. The van der Waals surface area contributed by atoms with Gasteiger partial charge < -0.3 is 5.11 Å². The first kappa shape index (κ1) is 15.7. The lowest BCUT2D eigenvalue weighted by atomic mass is 10.0. The molecular formula is C16H20N2O2S. The lowest BCUT2D eigenvalue weighted by Gasteiger charge is -2.23. The summed E-state index contributed by atoms with van der Waals surface area (Å²) in [6, 6.07) is 8.59. The number of carboxylic acid groups (broad SMARTS) is 1. The molecule has 2 aromatic rings. The number of nitrogens with zero attached hydrogens (tertiary/aromatic N) is 2. The second-order valence-corrected chi connectivity index (χ2v) is 6.10. The summed E-state index contributed by atoms with van der Waals surface area (Å²) in [6.45, 7) is 2.14. The first-order chi connectivity index (χ1) is 10.0. The Hall–Kier alpha value is -1.72. The molecule has 4 nitrogen and oxygen atoms in total. The van der Waals surface area contributed by atoms with Crippen LogP contribution in [0.5, 0.6) is 0 Å².